The molecule has 3 heterocycles. The summed E-state index contributed by atoms with van der Waals surface area (Å²) >= 11 is 1.80. The zero-order valence-corrected chi connectivity index (χ0v) is 16.4. The van der Waals surface area contributed by atoms with Crippen molar-refractivity contribution in [3.8, 4) is 10.6 Å². The molecule has 0 spiro atoms. The minimum Gasteiger partial charge on any atom is -0.399 e. The predicted octanol–water partition coefficient (Wildman–Crippen LogP) is 3.06. The first-order chi connectivity index (χ1) is 11.8. The quantitative estimate of drug-likeness (QED) is 0.840. The molecule has 0 amide bonds. The lowest BCUT2D eigenvalue weighted by Crippen LogP contribution is -2.41. The van der Waals surface area contributed by atoms with Crippen molar-refractivity contribution >= 4 is 23.9 Å². The van der Waals surface area contributed by atoms with Gasteiger partial charge >= 0.3 is 7.12 Å². The summed E-state index contributed by atoms with van der Waals surface area (Å²) in [4.78, 5) is 6.27. The van der Waals surface area contributed by atoms with Crippen molar-refractivity contribution in [2.45, 2.75) is 58.8 Å². The topological polar surface area (TPSA) is 43.4 Å². The highest BCUT2D eigenvalue weighted by atomic mass is 32.1. The van der Waals surface area contributed by atoms with Gasteiger partial charge in [0, 0.05) is 30.0 Å². The summed E-state index contributed by atoms with van der Waals surface area (Å²) in [5.74, 6) is 0. The summed E-state index contributed by atoms with van der Waals surface area (Å²) in [6.45, 7) is 12.5. The van der Waals surface area contributed by atoms with Gasteiger partial charge in [-0.3, -0.25) is 0 Å². The van der Waals surface area contributed by atoms with Crippen LogP contribution < -0.4 is 10.8 Å². The van der Waals surface area contributed by atoms with E-state index in [1.165, 1.54) is 21.7 Å². The fourth-order valence-electron chi connectivity index (χ4n) is 3.35. The molecule has 4 nitrogen and oxygen atoms in total. The van der Waals surface area contributed by atoms with Crippen molar-refractivity contribution in [2.75, 3.05) is 6.54 Å². The molecule has 0 atom stereocenters. The number of benzene rings is 1. The number of fused-ring (bicyclic) bond motifs is 1. The maximum atomic E-state index is 6.25. The van der Waals surface area contributed by atoms with E-state index < -0.39 is 0 Å². The summed E-state index contributed by atoms with van der Waals surface area (Å²) in [7, 11) is -0.332. The van der Waals surface area contributed by atoms with Gasteiger partial charge in [-0.15, -0.1) is 11.3 Å². The van der Waals surface area contributed by atoms with Crippen LogP contribution in [0.4, 0.5) is 0 Å². The molecule has 2 aliphatic heterocycles. The summed E-state index contributed by atoms with van der Waals surface area (Å²) in [6.07, 6.45) is 1.02. The zero-order valence-electron chi connectivity index (χ0n) is 15.6. The number of aromatic nitrogens is 1. The number of thiazole rings is 1. The third kappa shape index (κ3) is 2.85. The second-order valence-corrected chi connectivity index (χ2v) is 9.01. The van der Waals surface area contributed by atoms with Crippen LogP contribution in [0.2, 0.25) is 0 Å². The molecule has 6 heteroatoms. The molecular weight excluding hydrogens is 331 g/mol. The fraction of sp³-hybridized carbons (Fsp3) is 0.526. The number of nitrogens with one attached hydrogen (secondary N) is 1. The van der Waals surface area contributed by atoms with Crippen LogP contribution >= 0.6 is 11.3 Å². The molecule has 1 aromatic heterocycles. The fourth-order valence-corrected chi connectivity index (χ4v) is 4.51. The van der Waals surface area contributed by atoms with Crippen molar-refractivity contribution in [1.29, 1.82) is 0 Å². The molecule has 0 radical (unpaired) electrons. The average Bonchev–Trinajstić information content (AvgIpc) is 3.05. The van der Waals surface area contributed by atoms with Crippen LogP contribution in [0.15, 0.2) is 18.2 Å². The standard InChI is InChI=1S/C19H25BN2O2S/c1-12-13(17-22-15-9-10-21-11-16(15)25-17)7-6-8-14(12)20-23-18(2,3)19(4,5)24-20/h6-8,21H,9-11H2,1-5H3. The molecule has 132 valence electrons. The van der Waals surface area contributed by atoms with E-state index in [0.717, 1.165) is 30.0 Å². The molecule has 2 aromatic rings. The molecule has 2 aliphatic rings. The van der Waals surface area contributed by atoms with E-state index in [1.54, 1.807) is 11.3 Å². The number of rotatable bonds is 2. The summed E-state index contributed by atoms with van der Waals surface area (Å²) < 4.78 is 12.5. The minimum atomic E-state index is -0.332. The molecule has 0 aliphatic carbocycles. The molecule has 1 fully saturated rings. The van der Waals surface area contributed by atoms with Gasteiger partial charge in [-0.2, -0.15) is 0 Å². The van der Waals surface area contributed by atoms with Gasteiger partial charge in [0.25, 0.3) is 0 Å². The first-order valence-corrected chi connectivity index (χ1v) is 9.75. The monoisotopic (exact) mass is 356 g/mol. The van der Waals surface area contributed by atoms with Gasteiger partial charge in [0.1, 0.15) is 5.01 Å². The molecule has 25 heavy (non-hydrogen) atoms. The Bertz CT molecular complexity index is 776. The summed E-state index contributed by atoms with van der Waals surface area (Å²) in [5.41, 5.74) is 4.08. The van der Waals surface area contributed by atoms with Gasteiger partial charge in [-0.25, -0.2) is 4.98 Å². The Labute approximate surface area is 154 Å². The highest BCUT2D eigenvalue weighted by Gasteiger charge is 2.52. The number of hydrogen-bond donors (Lipinski definition) is 1. The minimum absolute atomic E-state index is 0.327. The molecule has 0 unspecified atom stereocenters. The molecule has 1 saturated heterocycles. The highest BCUT2D eigenvalue weighted by Crippen LogP contribution is 2.37. The molecule has 0 bridgehead atoms. The van der Waals surface area contributed by atoms with Crippen molar-refractivity contribution in [3.63, 3.8) is 0 Å². The Morgan fingerprint density at radius 2 is 1.88 bits per heavy atom. The maximum Gasteiger partial charge on any atom is 0.495 e. The van der Waals surface area contributed by atoms with Crippen LogP contribution in [0.25, 0.3) is 10.6 Å². The van der Waals surface area contributed by atoms with Gasteiger partial charge in [-0.1, -0.05) is 18.2 Å². The van der Waals surface area contributed by atoms with E-state index in [2.05, 4.69) is 58.1 Å². The van der Waals surface area contributed by atoms with Crippen molar-refractivity contribution in [1.82, 2.24) is 10.3 Å². The van der Waals surface area contributed by atoms with Crippen molar-refractivity contribution in [3.05, 3.63) is 34.3 Å². The van der Waals surface area contributed by atoms with Crippen LogP contribution in [0.1, 0.15) is 43.8 Å². The maximum absolute atomic E-state index is 6.25. The SMILES string of the molecule is Cc1c(B2OC(C)(C)C(C)(C)O2)cccc1-c1nc2c(s1)CNCC2. The third-order valence-corrected chi connectivity index (χ3v) is 6.85. The predicted molar refractivity (Wildman–Crippen MR) is 103 cm³/mol. The van der Waals surface area contributed by atoms with E-state index in [1.807, 2.05) is 0 Å². The van der Waals surface area contributed by atoms with E-state index in [0.29, 0.717) is 0 Å². The molecule has 1 N–H and O–H groups in total. The van der Waals surface area contributed by atoms with Crippen LogP contribution in [0.3, 0.4) is 0 Å². The summed E-state index contributed by atoms with van der Waals surface area (Å²) in [6, 6.07) is 6.35. The third-order valence-electron chi connectivity index (χ3n) is 5.72. The molecular formula is C19H25BN2O2S. The Morgan fingerprint density at radius 3 is 2.56 bits per heavy atom. The average molecular weight is 356 g/mol. The first-order valence-electron chi connectivity index (χ1n) is 8.93. The van der Waals surface area contributed by atoms with Crippen LogP contribution in [0.5, 0.6) is 0 Å². The molecule has 0 saturated carbocycles. The Kier molecular flexibility index (Phi) is 4.07. The Balaban J connectivity index is 1.71. The van der Waals surface area contributed by atoms with E-state index in [9.17, 15) is 0 Å². The zero-order chi connectivity index (χ0) is 17.8. The normalized spacial score (nSPS) is 21.4. The van der Waals surface area contributed by atoms with E-state index in [4.69, 9.17) is 14.3 Å². The Morgan fingerprint density at radius 1 is 1.16 bits per heavy atom. The van der Waals surface area contributed by atoms with Crippen molar-refractivity contribution < 1.29 is 9.31 Å². The Hall–Kier alpha value is -1.21. The molecule has 4 rings (SSSR count). The van der Waals surface area contributed by atoms with Crippen molar-refractivity contribution in [2.24, 2.45) is 0 Å². The van der Waals surface area contributed by atoms with Gasteiger partial charge in [0.05, 0.1) is 16.9 Å². The van der Waals surface area contributed by atoms with Crippen LogP contribution in [-0.4, -0.2) is 29.8 Å². The van der Waals surface area contributed by atoms with Gasteiger partial charge < -0.3 is 14.6 Å². The molecule has 1 aromatic carbocycles. The number of nitrogens with zero attached hydrogens (tertiary/aromatic N) is 1. The lowest BCUT2D eigenvalue weighted by molar-refractivity contribution is 0.00578. The first kappa shape index (κ1) is 17.2. The smallest absolute Gasteiger partial charge is 0.399 e. The van der Waals surface area contributed by atoms with Gasteiger partial charge in [0.15, 0.2) is 0 Å². The van der Waals surface area contributed by atoms with Gasteiger partial charge in [-0.05, 0) is 45.6 Å². The van der Waals surface area contributed by atoms with Gasteiger partial charge in [0.2, 0.25) is 0 Å². The van der Waals surface area contributed by atoms with E-state index >= 15 is 0 Å². The van der Waals surface area contributed by atoms with E-state index in [-0.39, 0.29) is 18.3 Å². The van der Waals surface area contributed by atoms with Crippen LogP contribution in [0, 0.1) is 6.92 Å². The highest BCUT2D eigenvalue weighted by molar-refractivity contribution is 7.15. The largest absolute Gasteiger partial charge is 0.495 e. The van der Waals surface area contributed by atoms with Crippen LogP contribution in [-0.2, 0) is 22.3 Å². The second kappa shape index (κ2) is 5.91. The lowest BCUT2D eigenvalue weighted by atomic mass is 9.75. The summed E-state index contributed by atoms with van der Waals surface area (Å²) in [5, 5.41) is 4.53. The number of hydrogen-bond acceptors (Lipinski definition) is 5. The lowest BCUT2D eigenvalue weighted by Gasteiger charge is -2.32. The second-order valence-electron chi connectivity index (χ2n) is 7.92.